The molecule has 1 saturated carbocycles. The van der Waals surface area contributed by atoms with E-state index in [1.807, 2.05) is 16.9 Å². The Bertz CT molecular complexity index is 847. The monoisotopic (exact) mass is 295 g/mol. The Morgan fingerprint density at radius 1 is 1.23 bits per heavy atom. The molecule has 22 heavy (non-hydrogen) atoms. The topological polar surface area (TPSA) is 85.8 Å². The van der Waals surface area contributed by atoms with Crippen molar-refractivity contribution in [3.63, 3.8) is 0 Å². The molecule has 1 aromatic carbocycles. The van der Waals surface area contributed by atoms with Crippen molar-refractivity contribution >= 4 is 5.97 Å². The van der Waals surface area contributed by atoms with E-state index in [9.17, 15) is 4.79 Å². The summed E-state index contributed by atoms with van der Waals surface area (Å²) < 4.78 is 3.51. The van der Waals surface area contributed by atoms with Gasteiger partial charge in [0.05, 0.1) is 23.5 Å². The van der Waals surface area contributed by atoms with Gasteiger partial charge in [-0.15, -0.1) is 5.10 Å². The van der Waals surface area contributed by atoms with Crippen LogP contribution < -0.4 is 0 Å². The van der Waals surface area contributed by atoms with Crippen molar-refractivity contribution in [3.8, 4) is 17.1 Å². The Labute approximate surface area is 125 Å². The average Bonchev–Trinajstić information content (AvgIpc) is 3.07. The number of rotatable bonds is 4. The molecular weight excluding hydrogens is 282 g/mol. The highest BCUT2D eigenvalue weighted by Crippen LogP contribution is 2.34. The van der Waals surface area contributed by atoms with Crippen LogP contribution in [0.1, 0.15) is 29.2 Å². The van der Waals surface area contributed by atoms with Crippen molar-refractivity contribution in [1.29, 1.82) is 0 Å². The lowest BCUT2D eigenvalue weighted by molar-refractivity contribution is 0.0697. The van der Waals surface area contributed by atoms with Crippen molar-refractivity contribution in [2.24, 2.45) is 0 Å². The molecule has 1 fully saturated rings. The van der Waals surface area contributed by atoms with Crippen LogP contribution in [0.3, 0.4) is 0 Å². The van der Waals surface area contributed by atoms with Crippen molar-refractivity contribution < 1.29 is 9.90 Å². The predicted octanol–water partition coefficient (Wildman–Crippen LogP) is 2.16. The maximum Gasteiger partial charge on any atom is 0.335 e. The Hall–Kier alpha value is -2.96. The lowest BCUT2D eigenvalue weighted by atomic mass is 10.2. The number of nitrogens with zero attached hydrogens (tertiary/aromatic N) is 5. The molecule has 0 atom stereocenters. The Morgan fingerprint density at radius 2 is 2.09 bits per heavy atom. The van der Waals surface area contributed by atoms with Gasteiger partial charge in [0.15, 0.2) is 0 Å². The zero-order valence-corrected chi connectivity index (χ0v) is 11.6. The first-order valence-electron chi connectivity index (χ1n) is 7.02. The van der Waals surface area contributed by atoms with Crippen molar-refractivity contribution in [2.75, 3.05) is 0 Å². The lowest BCUT2D eigenvalue weighted by Gasteiger charge is -2.00. The van der Waals surface area contributed by atoms with Crippen LogP contribution in [0.2, 0.25) is 0 Å². The van der Waals surface area contributed by atoms with E-state index in [1.54, 1.807) is 35.1 Å². The summed E-state index contributed by atoms with van der Waals surface area (Å²) in [6.07, 6.45) is 6.06. The van der Waals surface area contributed by atoms with E-state index in [0.717, 1.165) is 5.69 Å². The fourth-order valence-electron chi connectivity index (χ4n) is 2.31. The standard InChI is InChI=1S/C15H13N5O2/c21-15(22)10-2-1-3-12(8-10)20-9-14(16-18-20)13-6-7-19(17-13)11-4-5-11/h1-3,6-9,11H,4-5H2,(H,21,22). The van der Waals surface area contributed by atoms with Gasteiger partial charge in [-0.1, -0.05) is 11.3 Å². The Kier molecular flexibility index (Phi) is 2.78. The zero-order chi connectivity index (χ0) is 15.1. The van der Waals surface area contributed by atoms with E-state index in [1.165, 1.54) is 12.8 Å². The summed E-state index contributed by atoms with van der Waals surface area (Å²) in [5, 5.41) is 21.7. The zero-order valence-electron chi connectivity index (χ0n) is 11.6. The minimum atomic E-state index is -0.967. The second-order valence-corrected chi connectivity index (χ2v) is 5.32. The van der Waals surface area contributed by atoms with Gasteiger partial charge in [0.25, 0.3) is 0 Å². The molecule has 0 radical (unpaired) electrons. The molecule has 2 aromatic heterocycles. The van der Waals surface area contributed by atoms with Crippen molar-refractivity contribution in [1.82, 2.24) is 24.8 Å². The second kappa shape index (κ2) is 4.80. The van der Waals surface area contributed by atoms with Gasteiger partial charge in [-0.25, -0.2) is 9.48 Å². The SMILES string of the molecule is O=C(O)c1cccc(-n2cc(-c3ccn(C4CC4)n3)nn2)c1. The van der Waals surface area contributed by atoms with Crippen molar-refractivity contribution in [2.45, 2.75) is 18.9 Å². The minimum absolute atomic E-state index is 0.215. The first-order chi connectivity index (χ1) is 10.7. The first-order valence-corrected chi connectivity index (χ1v) is 7.02. The number of carboxylic acids is 1. The highest BCUT2D eigenvalue weighted by Gasteiger charge is 2.24. The molecule has 0 unspecified atom stereocenters. The van der Waals surface area contributed by atoms with E-state index in [2.05, 4.69) is 15.4 Å². The molecule has 0 aliphatic heterocycles. The van der Waals surface area contributed by atoms with Gasteiger partial charge < -0.3 is 5.11 Å². The summed E-state index contributed by atoms with van der Waals surface area (Å²) in [4.78, 5) is 11.0. The molecule has 0 bridgehead atoms. The molecule has 2 heterocycles. The van der Waals surface area contributed by atoms with Gasteiger partial charge in [0, 0.05) is 6.20 Å². The normalized spacial score (nSPS) is 14.2. The first kappa shape index (κ1) is 12.8. The molecule has 110 valence electrons. The van der Waals surface area contributed by atoms with Crippen LogP contribution in [-0.2, 0) is 0 Å². The van der Waals surface area contributed by atoms with Crippen LogP contribution in [-0.4, -0.2) is 35.9 Å². The van der Waals surface area contributed by atoms with Gasteiger partial charge in [-0.05, 0) is 37.1 Å². The molecular formula is C15H13N5O2. The lowest BCUT2D eigenvalue weighted by Crippen LogP contribution is -2.00. The van der Waals surface area contributed by atoms with Crippen LogP contribution in [0, 0.1) is 0 Å². The maximum atomic E-state index is 11.0. The predicted molar refractivity (Wildman–Crippen MR) is 77.8 cm³/mol. The number of carboxylic acid groups (broad SMARTS) is 1. The molecule has 1 aliphatic carbocycles. The van der Waals surface area contributed by atoms with Gasteiger partial charge in [0.1, 0.15) is 11.4 Å². The van der Waals surface area contributed by atoms with Crippen LogP contribution in [0.5, 0.6) is 0 Å². The number of carbonyl (C=O) groups is 1. The van der Waals surface area contributed by atoms with E-state index < -0.39 is 5.97 Å². The largest absolute Gasteiger partial charge is 0.478 e. The highest BCUT2D eigenvalue weighted by atomic mass is 16.4. The van der Waals surface area contributed by atoms with Crippen LogP contribution in [0.4, 0.5) is 0 Å². The summed E-state index contributed by atoms with van der Waals surface area (Å²) in [5.74, 6) is -0.967. The molecule has 0 spiro atoms. The number of hydrogen-bond acceptors (Lipinski definition) is 4. The third-order valence-corrected chi connectivity index (χ3v) is 3.64. The molecule has 0 amide bonds. The van der Waals surface area contributed by atoms with E-state index in [4.69, 9.17) is 5.11 Å². The molecule has 3 aromatic rings. The third-order valence-electron chi connectivity index (χ3n) is 3.64. The van der Waals surface area contributed by atoms with Crippen LogP contribution >= 0.6 is 0 Å². The van der Waals surface area contributed by atoms with E-state index in [-0.39, 0.29) is 5.56 Å². The second-order valence-electron chi connectivity index (χ2n) is 5.32. The number of aromatic nitrogens is 5. The molecule has 7 heteroatoms. The maximum absolute atomic E-state index is 11.0. The average molecular weight is 295 g/mol. The van der Waals surface area contributed by atoms with Gasteiger partial charge in [0.2, 0.25) is 0 Å². The smallest absolute Gasteiger partial charge is 0.335 e. The van der Waals surface area contributed by atoms with Gasteiger partial charge in [-0.2, -0.15) is 5.10 Å². The van der Waals surface area contributed by atoms with E-state index in [0.29, 0.717) is 17.4 Å². The molecule has 0 saturated heterocycles. The van der Waals surface area contributed by atoms with Crippen molar-refractivity contribution in [3.05, 3.63) is 48.3 Å². The third kappa shape index (κ3) is 2.26. The summed E-state index contributed by atoms with van der Waals surface area (Å²) in [5.41, 5.74) is 2.31. The fourth-order valence-corrected chi connectivity index (χ4v) is 2.31. The van der Waals surface area contributed by atoms with Crippen LogP contribution in [0.25, 0.3) is 17.1 Å². The molecule has 7 nitrogen and oxygen atoms in total. The number of benzene rings is 1. The minimum Gasteiger partial charge on any atom is -0.478 e. The summed E-state index contributed by atoms with van der Waals surface area (Å²) >= 11 is 0. The Balaban J connectivity index is 1.65. The molecule has 1 aliphatic rings. The summed E-state index contributed by atoms with van der Waals surface area (Å²) in [6.45, 7) is 0. The quantitative estimate of drug-likeness (QED) is 0.797. The van der Waals surface area contributed by atoms with Gasteiger partial charge in [-0.3, -0.25) is 4.68 Å². The highest BCUT2D eigenvalue weighted by molar-refractivity contribution is 5.88. The number of aromatic carboxylic acids is 1. The fraction of sp³-hybridized carbons (Fsp3) is 0.200. The molecule has 1 N–H and O–H groups in total. The van der Waals surface area contributed by atoms with E-state index >= 15 is 0 Å². The van der Waals surface area contributed by atoms with Gasteiger partial charge >= 0.3 is 5.97 Å². The summed E-state index contributed by atoms with van der Waals surface area (Å²) in [7, 11) is 0. The number of hydrogen-bond donors (Lipinski definition) is 1. The Morgan fingerprint density at radius 3 is 2.86 bits per heavy atom. The van der Waals surface area contributed by atoms with Crippen LogP contribution in [0.15, 0.2) is 42.7 Å². The summed E-state index contributed by atoms with van der Waals surface area (Å²) in [6, 6.07) is 9.01. The molecule has 4 rings (SSSR count).